The fourth-order valence-electron chi connectivity index (χ4n) is 2.59. The first kappa shape index (κ1) is 14.3. The Hall–Kier alpha value is -1.63. The second-order valence-electron chi connectivity index (χ2n) is 5.25. The van der Waals surface area contributed by atoms with Crippen LogP contribution in [0.4, 0.5) is 5.69 Å². The molecule has 2 aromatic rings. The van der Waals surface area contributed by atoms with Crippen LogP contribution in [-0.4, -0.2) is 48.3 Å². The Morgan fingerprint density at radius 1 is 1.57 bits per heavy atom. The van der Waals surface area contributed by atoms with Crippen molar-refractivity contribution in [3.8, 4) is 0 Å². The van der Waals surface area contributed by atoms with Crippen molar-refractivity contribution in [3.05, 3.63) is 28.6 Å². The summed E-state index contributed by atoms with van der Waals surface area (Å²) in [6.45, 7) is 3.24. The third-order valence-electron chi connectivity index (χ3n) is 3.78. The Balaban J connectivity index is 1.99. The predicted molar refractivity (Wildman–Crippen MR) is 83.7 cm³/mol. The molecule has 0 saturated carbocycles. The number of aryl methyl sites for hydroxylation is 1. The number of hydrogen-bond donors (Lipinski definition) is 2. The zero-order valence-corrected chi connectivity index (χ0v) is 12.7. The van der Waals surface area contributed by atoms with Gasteiger partial charge in [0.1, 0.15) is 4.88 Å². The number of rotatable bonds is 2. The summed E-state index contributed by atoms with van der Waals surface area (Å²) in [7, 11) is 0. The maximum atomic E-state index is 12.7. The molecular weight excluding hydrogens is 288 g/mol. The summed E-state index contributed by atoms with van der Waals surface area (Å²) in [4.78, 5) is 15.0. The molecule has 1 atom stereocenters. The van der Waals surface area contributed by atoms with Gasteiger partial charge in [-0.15, -0.1) is 11.3 Å². The third-order valence-corrected chi connectivity index (χ3v) is 4.95. The van der Waals surface area contributed by atoms with Crippen LogP contribution in [0.1, 0.15) is 15.2 Å². The number of morpholine rings is 1. The number of benzene rings is 1. The van der Waals surface area contributed by atoms with Crippen LogP contribution in [0.5, 0.6) is 0 Å². The number of thiophene rings is 1. The fourth-order valence-corrected chi connectivity index (χ4v) is 3.65. The second kappa shape index (κ2) is 5.63. The molecule has 0 radical (unpaired) electrons. The predicted octanol–water partition coefficient (Wildman–Crippen LogP) is 1.63. The molecule has 3 N–H and O–H groups in total. The van der Waals surface area contributed by atoms with Gasteiger partial charge in [-0.2, -0.15) is 0 Å². The molecule has 1 unspecified atom stereocenters. The minimum absolute atomic E-state index is 0.102. The molecule has 1 aliphatic heterocycles. The Bertz CT molecular complexity index is 683. The Morgan fingerprint density at radius 3 is 3.14 bits per heavy atom. The van der Waals surface area contributed by atoms with E-state index in [0.717, 1.165) is 15.6 Å². The summed E-state index contributed by atoms with van der Waals surface area (Å²) in [6.07, 6.45) is 0. The normalized spacial score (nSPS) is 19.1. The van der Waals surface area contributed by atoms with Crippen molar-refractivity contribution < 1.29 is 14.6 Å². The first-order valence-corrected chi connectivity index (χ1v) is 7.71. The van der Waals surface area contributed by atoms with Crippen LogP contribution in [0.25, 0.3) is 10.1 Å². The number of carbonyl (C=O) groups is 1. The van der Waals surface area contributed by atoms with Crippen molar-refractivity contribution in [1.29, 1.82) is 0 Å². The monoisotopic (exact) mass is 306 g/mol. The highest BCUT2D eigenvalue weighted by molar-refractivity contribution is 7.21. The second-order valence-corrected chi connectivity index (χ2v) is 6.31. The quantitative estimate of drug-likeness (QED) is 0.884. The van der Waals surface area contributed by atoms with Crippen molar-refractivity contribution in [2.75, 3.05) is 32.1 Å². The van der Waals surface area contributed by atoms with E-state index in [-0.39, 0.29) is 18.6 Å². The van der Waals surface area contributed by atoms with Crippen molar-refractivity contribution in [1.82, 2.24) is 4.90 Å². The molecule has 1 aromatic carbocycles. The number of nitrogens with zero attached hydrogens (tertiary/aromatic N) is 1. The van der Waals surface area contributed by atoms with E-state index >= 15 is 0 Å². The lowest BCUT2D eigenvalue weighted by Gasteiger charge is -2.34. The molecule has 21 heavy (non-hydrogen) atoms. The van der Waals surface area contributed by atoms with Gasteiger partial charge in [0, 0.05) is 16.6 Å². The van der Waals surface area contributed by atoms with Crippen LogP contribution < -0.4 is 5.73 Å². The van der Waals surface area contributed by atoms with Gasteiger partial charge in [0.15, 0.2) is 0 Å². The van der Waals surface area contributed by atoms with E-state index in [4.69, 9.17) is 10.5 Å². The number of fused-ring (bicyclic) bond motifs is 1. The SMILES string of the molecule is Cc1ccc2sc(C(=O)N3CCOCC3CO)c(N)c2c1. The smallest absolute Gasteiger partial charge is 0.266 e. The highest BCUT2D eigenvalue weighted by Gasteiger charge is 2.30. The highest BCUT2D eigenvalue weighted by atomic mass is 32.1. The number of aliphatic hydroxyl groups is 1. The van der Waals surface area contributed by atoms with Gasteiger partial charge in [0.25, 0.3) is 5.91 Å². The number of nitrogen functional groups attached to an aromatic ring is 1. The molecule has 1 fully saturated rings. The van der Waals surface area contributed by atoms with Crippen molar-refractivity contribution in [3.63, 3.8) is 0 Å². The Morgan fingerprint density at radius 2 is 2.38 bits per heavy atom. The van der Waals surface area contributed by atoms with E-state index in [1.54, 1.807) is 4.90 Å². The van der Waals surface area contributed by atoms with Crippen molar-refractivity contribution in [2.45, 2.75) is 13.0 Å². The highest BCUT2D eigenvalue weighted by Crippen LogP contribution is 2.35. The van der Waals surface area contributed by atoms with Crippen molar-refractivity contribution in [2.24, 2.45) is 0 Å². The number of anilines is 1. The van der Waals surface area contributed by atoms with Crippen LogP contribution in [0, 0.1) is 6.92 Å². The number of hydrogen-bond acceptors (Lipinski definition) is 5. The largest absolute Gasteiger partial charge is 0.397 e. The molecule has 6 heteroatoms. The summed E-state index contributed by atoms with van der Waals surface area (Å²) in [5.41, 5.74) is 7.82. The summed E-state index contributed by atoms with van der Waals surface area (Å²) < 4.78 is 6.32. The third kappa shape index (κ3) is 2.50. The van der Waals surface area contributed by atoms with Gasteiger partial charge in [-0.05, 0) is 19.1 Å². The molecule has 1 aliphatic rings. The lowest BCUT2D eigenvalue weighted by Crippen LogP contribution is -2.50. The summed E-state index contributed by atoms with van der Waals surface area (Å²) in [6, 6.07) is 5.71. The molecule has 0 spiro atoms. The minimum Gasteiger partial charge on any atom is -0.397 e. The molecule has 112 valence electrons. The number of ether oxygens (including phenoxy) is 1. The average molecular weight is 306 g/mol. The minimum atomic E-state index is -0.294. The van der Waals surface area contributed by atoms with Gasteiger partial charge >= 0.3 is 0 Å². The average Bonchev–Trinajstić information content (AvgIpc) is 2.83. The van der Waals surface area contributed by atoms with E-state index in [1.165, 1.54) is 11.3 Å². The van der Waals surface area contributed by atoms with Gasteiger partial charge in [-0.3, -0.25) is 4.79 Å². The van der Waals surface area contributed by atoms with Gasteiger partial charge in [-0.25, -0.2) is 0 Å². The van der Waals surface area contributed by atoms with E-state index < -0.39 is 0 Å². The number of amides is 1. The molecule has 1 saturated heterocycles. The number of aliphatic hydroxyl groups excluding tert-OH is 1. The van der Waals surface area contributed by atoms with Gasteiger partial charge in [0.05, 0.1) is 31.5 Å². The molecule has 5 nitrogen and oxygen atoms in total. The summed E-state index contributed by atoms with van der Waals surface area (Å²) >= 11 is 1.41. The van der Waals surface area contributed by atoms with Crippen LogP contribution >= 0.6 is 11.3 Å². The molecule has 3 rings (SSSR count). The van der Waals surface area contributed by atoms with Crippen LogP contribution in [0.3, 0.4) is 0 Å². The first-order chi connectivity index (χ1) is 10.1. The topological polar surface area (TPSA) is 75.8 Å². The Labute approximate surface area is 126 Å². The van der Waals surface area contributed by atoms with Gasteiger partial charge in [-0.1, -0.05) is 11.6 Å². The summed E-state index contributed by atoms with van der Waals surface area (Å²) in [5.74, 6) is -0.117. The fraction of sp³-hybridized carbons (Fsp3) is 0.400. The molecule has 1 amide bonds. The van der Waals surface area contributed by atoms with Gasteiger partial charge < -0.3 is 20.5 Å². The lowest BCUT2D eigenvalue weighted by atomic mass is 10.1. The van der Waals surface area contributed by atoms with Crippen molar-refractivity contribution >= 4 is 33.0 Å². The molecule has 2 heterocycles. The van der Waals surface area contributed by atoms with Crippen LogP contribution in [0.15, 0.2) is 18.2 Å². The lowest BCUT2D eigenvalue weighted by molar-refractivity contribution is -0.0181. The summed E-state index contributed by atoms with van der Waals surface area (Å²) in [5, 5.41) is 10.3. The van der Waals surface area contributed by atoms with E-state index in [2.05, 4.69) is 0 Å². The maximum absolute atomic E-state index is 12.7. The molecule has 0 aliphatic carbocycles. The zero-order valence-electron chi connectivity index (χ0n) is 11.8. The molecular formula is C15H18N2O3S. The van der Waals surface area contributed by atoms with E-state index in [1.807, 2.05) is 25.1 Å². The standard InChI is InChI=1S/C15H18N2O3S/c1-9-2-3-12-11(6-9)13(16)14(21-12)15(19)17-4-5-20-8-10(17)7-18/h2-3,6,10,18H,4-5,7-8,16H2,1H3. The van der Waals surface area contributed by atoms with E-state index in [0.29, 0.717) is 30.3 Å². The Kier molecular flexibility index (Phi) is 3.84. The number of carbonyl (C=O) groups excluding carboxylic acids is 1. The van der Waals surface area contributed by atoms with Crippen LogP contribution in [0.2, 0.25) is 0 Å². The van der Waals surface area contributed by atoms with Crippen LogP contribution in [-0.2, 0) is 4.74 Å². The van der Waals surface area contributed by atoms with Gasteiger partial charge in [0.2, 0.25) is 0 Å². The van der Waals surface area contributed by atoms with E-state index in [9.17, 15) is 9.90 Å². The zero-order chi connectivity index (χ0) is 15.0. The first-order valence-electron chi connectivity index (χ1n) is 6.90. The molecule has 0 bridgehead atoms. The maximum Gasteiger partial charge on any atom is 0.266 e. The molecule has 1 aromatic heterocycles. The number of nitrogens with two attached hydrogens (primary N) is 1.